The molecular formula is C17H24IN5S. The molecule has 2 N–H and O–H groups in total. The van der Waals surface area contributed by atoms with Crippen molar-refractivity contribution in [2.75, 3.05) is 19.3 Å². The van der Waals surface area contributed by atoms with Gasteiger partial charge in [0, 0.05) is 37.8 Å². The summed E-state index contributed by atoms with van der Waals surface area (Å²) in [5, 5.41) is 11.8. The van der Waals surface area contributed by atoms with Crippen LogP contribution in [0.5, 0.6) is 0 Å². The summed E-state index contributed by atoms with van der Waals surface area (Å²) in [5.74, 6) is 2.15. The van der Waals surface area contributed by atoms with Gasteiger partial charge in [-0.3, -0.25) is 4.99 Å². The first-order valence-corrected chi connectivity index (χ1v) is 9.05. The van der Waals surface area contributed by atoms with Crippen molar-refractivity contribution in [2.24, 2.45) is 4.99 Å². The number of halogens is 1. The Morgan fingerprint density at radius 2 is 2.29 bits per heavy atom. The van der Waals surface area contributed by atoms with E-state index in [1.807, 2.05) is 24.0 Å². The van der Waals surface area contributed by atoms with E-state index in [2.05, 4.69) is 56.8 Å². The molecular weight excluding hydrogens is 433 g/mol. The fraction of sp³-hybridized carbons (Fsp3) is 0.412. The minimum Gasteiger partial charge on any atom is -0.355 e. The number of hydrogen-bond acceptors (Lipinski definition) is 3. The van der Waals surface area contributed by atoms with E-state index >= 15 is 0 Å². The lowest BCUT2D eigenvalue weighted by Crippen LogP contribution is -2.39. The Morgan fingerprint density at radius 3 is 3.00 bits per heavy atom. The molecule has 0 spiro atoms. The molecule has 1 aromatic carbocycles. The number of nitrogens with one attached hydrogen (secondary N) is 2. The molecule has 7 heteroatoms. The van der Waals surface area contributed by atoms with E-state index in [4.69, 9.17) is 0 Å². The summed E-state index contributed by atoms with van der Waals surface area (Å²) < 4.78 is 1.87. The average molecular weight is 457 g/mol. The normalized spacial score (nSPS) is 17.4. The molecule has 2 aromatic rings. The molecule has 1 aliphatic heterocycles. The number of aromatic nitrogens is 2. The van der Waals surface area contributed by atoms with Crippen LogP contribution < -0.4 is 10.6 Å². The molecule has 2 heterocycles. The van der Waals surface area contributed by atoms with E-state index in [0.29, 0.717) is 0 Å². The largest absolute Gasteiger partial charge is 0.355 e. The SMILES string of the molecule is CN=C(NCc1cccc(-n2cccn2)c1)NCC1CCCS1.I. The summed E-state index contributed by atoms with van der Waals surface area (Å²) in [6, 6.07) is 10.3. The quantitative estimate of drug-likeness (QED) is 0.412. The summed E-state index contributed by atoms with van der Waals surface area (Å²) in [6.45, 7) is 1.73. The third-order valence-corrected chi connectivity index (χ3v) is 5.28. The highest BCUT2D eigenvalue weighted by Crippen LogP contribution is 2.25. The minimum atomic E-state index is 0. The molecule has 5 nitrogen and oxygen atoms in total. The van der Waals surface area contributed by atoms with Crippen LogP contribution in [0, 0.1) is 0 Å². The van der Waals surface area contributed by atoms with Crippen molar-refractivity contribution in [1.29, 1.82) is 0 Å². The number of thioether (sulfide) groups is 1. The molecule has 0 amide bonds. The average Bonchev–Trinajstić information content (AvgIpc) is 3.29. The van der Waals surface area contributed by atoms with Gasteiger partial charge in [0.15, 0.2) is 5.96 Å². The van der Waals surface area contributed by atoms with Gasteiger partial charge in [0.1, 0.15) is 0 Å². The van der Waals surface area contributed by atoms with Crippen LogP contribution in [0.25, 0.3) is 5.69 Å². The van der Waals surface area contributed by atoms with Crippen molar-refractivity contribution < 1.29 is 0 Å². The van der Waals surface area contributed by atoms with Crippen LogP contribution in [0.2, 0.25) is 0 Å². The van der Waals surface area contributed by atoms with Crippen LogP contribution in [-0.4, -0.2) is 40.3 Å². The zero-order chi connectivity index (χ0) is 15.9. The Morgan fingerprint density at radius 1 is 1.38 bits per heavy atom. The molecule has 1 saturated heterocycles. The summed E-state index contributed by atoms with van der Waals surface area (Å²) in [5.41, 5.74) is 2.27. The highest BCUT2D eigenvalue weighted by Gasteiger charge is 2.15. The molecule has 0 bridgehead atoms. The number of hydrogen-bond donors (Lipinski definition) is 2. The zero-order valence-corrected chi connectivity index (χ0v) is 17.0. The van der Waals surface area contributed by atoms with Gasteiger partial charge in [-0.15, -0.1) is 24.0 Å². The highest BCUT2D eigenvalue weighted by molar-refractivity contribution is 14.0. The van der Waals surface area contributed by atoms with Crippen LogP contribution in [0.15, 0.2) is 47.7 Å². The Bertz CT molecular complexity index is 638. The number of rotatable bonds is 5. The van der Waals surface area contributed by atoms with Gasteiger partial charge in [0.2, 0.25) is 0 Å². The zero-order valence-electron chi connectivity index (χ0n) is 13.8. The van der Waals surface area contributed by atoms with Gasteiger partial charge in [0.25, 0.3) is 0 Å². The number of nitrogens with zero attached hydrogens (tertiary/aromatic N) is 3. The lowest BCUT2D eigenvalue weighted by molar-refractivity contribution is 0.726. The number of guanidine groups is 1. The van der Waals surface area contributed by atoms with Crippen LogP contribution in [0.1, 0.15) is 18.4 Å². The van der Waals surface area contributed by atoms with Gasteiger partial charge < -0.3 is 10.6 Å². The highest BCUT2D eigenvalue weighted by atomic mass is 127. The smallest absolute Gasteiger partial charge is 0.191 e. The van der Waals surface area contributed by atoms with Crippen LogP contribution in [-0.2, 0) is 6.54 Å². The van der Waals surface area contributed by atoms with Crippen molar-refractivity contribution in [2.45, 2.75) is 24.6 Å². The number of aliphatic imine (C=N–C) groups is 1. The van der Waals surface area contributed by atoms with E-state index in [1.54, 1.807) is 6.20 Å². The molecule has 0 saturated carbocycles. The lowest BCUT2D eigenvalue weighted by atomic mass is 10.2. The molecule has 24 heavy (non-hydrogen) atoms. The van der Waals surface area contributed by atoms with Crippen molar-refractivity contribution >= 4 is 41.7 Å². The first kappa shape index (κ1) is 19.1. The maximum atomic E-state index is 4.30. The molecule has 1 aliphatic rings. The van der Waals surface area contributed by atoms with E-state index in [9.17, 15) is 0 Å². The topological polar surface area (TPSA) is 54.2 Å². The fourth-order valence-corrected chi connectivity index (χ4v) is 3.85. The van der Waals surface area contributed by atoms with E-state index in [-0.39, 0.29) is 24.0 Å². The maximum Gasteiger partial charge on any atom is 0.191 e. The molecule has 1 fully saturated rings. The second-order valence-corrected chi connectivity index (χ2v) is 6.97. The molecule has 3 rings (SSSR count). The van der Waals surface area contributed by atoms with Crippen molar-refractivity contribution in [3.05, 3.63) is 48.3 Å². The summed E-state index contributed by atoms with van der Waals surface area (Å²) in [6.07, 6.45) is 6.38. The van der Waals surface area contributed by atoms with Gasteiger partial charge in [-0.1, -0.05) is 12.1 Å². The summed E-state index contributed by atoms with van der Waals surface area (Å²) in [4.78, 5) is 4.30. The molecule has 1 aromatic heterocycles. The van der Waals surface area contributed by atoms with E-state index in [1.165, 1.54) is 24.2 Å². The van der Waals surface area contributed by atoms with Crippen molar-refractivity contribution in [3.8, 4) is 5.69 Å². The Hall–Kier alpha value is -1.22. The second kappa shape index (κ2) is 9.93. The molecule has 1 unspecified atom stereocenters. The van der Waals surface area contributed by atoms with E-state index < -0.39 is 0 Å². The lowest BCUT2D eigenvalue weighted by Gasteiger charge is -2.15. The predicted molar refractivity (Wildman–Crippen MR) is 113 cm³/mol. The summed E-state index contributed by atoms with van der Waals surface area (Å²) >= 11 is 2.05. The molecule has 130 valence electrons. The van der Waals surface area contributed by atoms with Gasteiger partial charge in [-0.2, -0.15) is 16.9 Å². The third-order valence-electron chi connectivity index (χ3n) is 3.88. The van der Waals surface area contributed by atoms with Crippen molar-refractivity contribution in [1.82, 2.24) is 20.4 Å². The Labute approximate surface area is 164 Å². The van der Waals surface area contributed by atoms with Gasteiger partial charge in [-0.25, -0.2) is 4.68 Å². The Kier molecular flexibility index (Phi) is 7.90. The van der Waals surface area contributed by atoms with Crippen molar-refractivity contribution in [3.63, 3.8) is 0 Å². The van der Waals surface area contributed by atoms with E-state index in [0.717, 1.165) is 30.0 Å². The molecule has 1 atom stereocenters. The number of benzene rings is 1. The first-order valence-electron chi connectivity index (χ1n) is 8.00. The van der Waals surface area contributed by atoms with Gasteiger partial charge in [-0.05, 0) is 42.4 Å². The molecule has 0 radical (unpaired) electrons. The van der Waals surface area contributed by atoms with Crippen LogP contribution >= 0.6 is 35.7 Å². The third kappa shape index (κ3) is 5.41. The van der Waals surface area contributed by atoms with Crippen LogP contribution in [0.4, 0.5) is 0 Å². The minimum absolute atomic E-state index is 0. The Balaban J connectivity index is 0.00000208. The first-order chi connectivity index (χ1) is 11.3. The van der Waals surface area contributed by atoms with Crippen LogP contribution in [0.3, 0.4) is 0 Å². The maximum absolute atomic E-state index is 4.30. The predicted octanol–water partition coefficient (Wildman–Crippen LogP) is 3.05. The van der Waals surface area contributed by atoms with Gasteiger partial charge >= 0.3 is 0 Å². The standard InChI is InChI=1S/C17H23N5S.HI/c1-18-17(20-13-16-7-3-10-23-16)19-12-14-5-2-6-15(11-14)22-9-4-8-21-22;/h2,4-6,8-9,11,16H,3,7,10,12-13H2,1H3,(H2,18,19,20);1H. The summed E-state index contributed by atoms with van der Waals surface area (Å²) in [7, 11) is 1.82. The fourth-order valence-electron chi connectivity index (χ4n) is 2.65. The second-order valence-electron chi connectivity index (χ2n) is 5.56. The molecule has 0 aliphatic carbocycles. The monoisotopic (exact) mass is 457 g/mol. The van der Waals surface area contributed by atoms with Gasteiger partial charge in [0.05, 0.1) is 5.69 Å².